The Bertz CT molecular complexity index is 404. The van der Waals surface area contributed by atoms with Crippen molar-refractivity contribution in [3.63, 3.8) is 0 Å². The average Bonchev–Trinajstić information content (AvgIpc) is 2.25. The maximum atomic E-state index is 12.2. The van der Waals surface area contributed by atoms with Crippen molar-refractivity contribution in [1.82, 2.24) is 0 Å². The smallest absolute Gasteiger partial charge is 0.390 e. The minimum Gasteiger partial charge on any atom is -0.465 e. The van der Waals surface area contributed by atoms with Gasteiger partial charge in [0.25, 0.3) is 0 Å². The molecule has 1 atom stereocenters. The predicted molar refractivity (Wildman–Crippen MR) is 55.4 cm³/mol. The van der Waals surface area contributed by atoms with E-state index >= 15 is 0 Å². The number of esters is 1. The second-order valence-corrected chi connectivity index (χ2v) is 3.50. The summed E-state index contributed by atoms with van der Waals surface area (Å²) in [6.07, 6.45) is -5.55. The van der Waals surface area contributed by atoms with E-state index in [9.17, 15) is 18.0 Å². The molecule has 0 saturated heterocycles. The summed E-state index contributed by atoms with van der Waals surface area (Å²) in [5.74, 6) is -0.696. The molecular weight excluding hydrogens is 235 g/mol. The van der Waals surface area contributed by atoms with E-state index in [1.165, 1.54) is 24.3 Å². The van der Waals surface area contributed by atoms with Crippen molar-refractivity contribution >= 4 is 5.97 Å². The Kier molecular flexibility index (Phi) is 4.11. The number of benzene rings is 1. The zero-order valence-corrected chi connectivity index (χ0v) is 9.12. The number of ether oxygens (including phenoxy) is 1. The molecule has 1 rings (SSSR count). The van der Waals surface area contributed by atoms with Gasteiger partial charge in [-0.3, -0.25) is 0 Å². The van der Waals surface area contributed by atoms with E-state index in [1.807, 2.05) is 0 Å². The maximum Gasteiger partial charge on any atom is 0.390 e. The van der Waals surface area contributed by atoms with Crippen LogP contribution in [0.25, 0.3) is 0 Å². The largest absolute Gasteiger partial charge is 0.465 e. The van der Waals surface area contributed by atoms with Crippen LogP contribution in [0.1, 0.15) is 28.4 Å². The van der Waals surface area contributed by atoms with Crippen LogP contribution in [0.4, 0.5) is 13.2 Å². The lowest BCUT2D eigenvalue weighted by atomic mass is 9.98. The summed E-state index contributed by atoms with van der Waals surface area (Å²) in [5.41, 5.74) is 5.64. The van der Waals surface area contributed by atoms with Crippen LogP contribution in [-0.4, -0.2) is 19.3 Å². The first-order valence-corrected chi connectivity index (χ1v) is 4.84. The number of alkyl halides is 3. The third-order valence-electron chi connectivity index (χ3n) is 2.22. The van der Waals surface area contributed by atoms with Crippen LogP contribution in [0.5, 0.6) is 0 Å². The standard InChI is InChI=1S/C11H12F3NO2/c1-17-10(16)8-5-3-2-4-7(8)9(15)6-11(12,13)14/h2-5,9H,6,15H2,1H3/t9-/m1/s1. The Hall–Kier alpha value is -1.56. The molecule has 0 aliphatic carbocycles. The molecule has 1 aromatic rings. The van der Waals surface area contributed by atoms with Gasteiger partial charge in [-0.25, -0.2) is 4.79 Å². The maximum absolute atomic E-state index is 12.2. The monoisotopic (exact) mass is 247 g/mol. The number of carbonyl (C=O) groups excluding carboxylic acids is 1. The van der Waals surface area contributed by atoms with Crippen molar-refractivity contribution in [3.05, 3.63) is 35.4 Å². The van der Waals surface area contributed by atoms with Gasteiger partial charge in [-0.05, 0) is 11.6 Å². The average molecular weight is 247 g/mol. The fourth-order valence-corrected chi connectivity index (χ4v) is 1.48. The molecule has 6 heteroatoms. The van der Waals surface area contributed by atoms with Gasteiger partial charge < -0.3 is 10.5 Å². The Balaban J connectivity index is 3.01. The summed E-state index contributed by atoms with van der Waals surface area (Å²) < 4.78 is 41.1. The van der Waals surface area contributed by atoms with Crippen LogP contribution >= 0.6 is 0 Å². The van der Waals surface area contributed by atoms with Crippen LogP contribution < -0.4 is 5.73 Å². The third kappa shape index (κ3) is 3.74. The highest BCUT2D eigenvalue weighted by Gasteiger charge is 2.32. The zero-order chi connectivity index (χ0) is 13.1. The molecule has 94 valence electrons. The number of nitrogens with two attached hydrogens (primary N) is 1. The molecule has 0 aliphatic heterocycles. The van der Waals surface area contributed by atoms with E-state index in [4.69, 9.17) is 5.73 Å². The first kappa shape index (κ1) is 13.5. The Labute approximate surface area is 96.4 Å². The van der Waals surface area contributed by atoms with Gasteiger partial charge in [0.15, 0.2) is 0 Å². The Morgan fingerprint density at radius 1 is 1.41 bits per heavy atom. The zero-order valence-electron chi connectivity index (χ0n) is 9.12. The topological polar surface area (TPSA) is 52.3 Å². The molecular formula is C11H12F3NO2. The number of halogens is 3. The number of hydrogen-bond acceptors (Lipinski definition) is 3. The molecule has 0 aromatic heterocycles. The Morgan fingerprint density at radius 2 is 2.00 bits per heavy atom. The van der Waals surface area contributed by atoms with E-state index in [2.05, 4.69) is 4.74 Å². The van der Waals surface area contributed by atoms with Crippen molar-refractivity contribution in [2.24, 2.45) is 5.73 Å². The molecule has 0 unspecified atom stereocenters. The molecule has 2 N–H and O–H groups in total. The van der Waals surface area contributed by atoms with Gasteiger partial charge in [0, 0.05) is 6.04 Å². The first-order valence-electron chi connectivity index (χ1n) is 4.84. The number of carbonyl (C=O) groups is 1. The predicted octanol–water partition coefficient (Wildman–Crippen LogP) is 2.43. The van der Waals surface area contributed by atoms with Crippen molar-refractivity contribution in [1.29, 1.82) is 0 Å². The molecule has 0 radical (unpaired) electrons. The van der Waals surface area contributed by atoms with Crippen LogP contribution in [-0.2, 0) is 4.74 Å². The highest BCUT2D eigenvalue weighted by atomic mass is 19.4. The van der Waals surface area contributed by atoms with E-state index in [1.54, 1.807) is 0 Å². The summed E-state index contributed by atoms with van der Waals surface area (Å²) in [7, 11) is 1.16. The molecule has 0 aliphatic rings. The second kappa shape index (κ2) is 5.18. The lowest BCUT2D eigenvalue weighted by Gasteiger charge is -2.16. The first-order chi connectivity index (χ1) is 7.85. The van der Waals surface area contributed by atoms with E-state index in [-0.39, 0.29) is 11.1 Å². The van der Waals surface area contributed by atoms with Crippen molar-refractivity contribution in [2.75, 3.05) is 7.11 Å². The summed E-state index contributed by atoms with van der Waals surface area (Å²) in [6, 6.07) is 4.57. The molecule has 0 fully saturated rings. The Morgan fingerprint density at radius 3 is 2.53 bits per heavy atom. The van der Waals surface area contributed by atoms with Crippen LogP contribution in [0, 0.1) is 0 Å². The summed E-state index contributed by atoms with van der Waals surface area (Å²) in [5, 5.41) is 0. The lowest BCUT2D eigenvalue weighted by Crippen LogP contribution is -2.22. The van der Waals surface area contributed by atoms with Gasteiger partial charge >= 0.3 is 12.1 Å². The van der Waals surface area contributed by atoms with Crippen molar-refractivity contribution in [3.8, 4) is 0 Å². The van der Waals surface area contributed by atoms with Crippen LogP contribution in [0.3, 0.4) is 0 Å². The third-order valence-corrected chi connectivity index (χ3v) is 2.22. The molecule has 3 nitrogen and oxygen atoms in total. The lowest BCUT2D eigenvalue weighted by molar-refractivity contribution is -0.138. The fraction of sp³-hybridized carbons (Fsp3) is 0.364. The molecule has 0 spiro atoms. The summed E-state index contributed by atoms with van der Waals surface area (Å²) in [4.78, 5) is 11.3. The molecule has 1 aromatic carbocycles. The second-order valence-electron chi connectivity index (χ2n) is 3.50. The minimum absolute atomic E-state index is 0.0618. The van der Waals surface area contributed by atoms with Gasteiger partial charge in [0.05, 0.1) is 19.1 Å². The normalized spacial score (nSPS) is 13.2. The number of hydrogen-bond donors (Lipinski definition) is 1. The minimum atomic E-state index is -4.37. The van der Waals surface area contributed by atoms with Crippen LogP contribution in [0.2, 0.25) is 0 Å². The SMILES string of the molecule is COC(=O)c1ccccc1[C@H](N)CC(F)(F)F. The van der Waals surface area contributed by atoms with Gasteiger partial charge in [-0.2, -0.15) is 13.2 Å². The fourth-order valence-electron chi connectivity index (χ4n) is 1.48. The highest BCUT2D eigenvalue weighted by molar-refractivity contribution is 5.91. The van der Waals surface area contributed by atoms with Gasteiger partial charge in [0.1, 0.15) is 0 Å². The summed E-state index contributed by atoms with van der Waals surface area (Å²) in [6.45, 7) is 0. The van der Waals surface area contributed by atoms with Gasteiger partial charge in [-0.15, -0.1) is 0 Å². The quantitative estimate of drug-likeness (QED) is 0.834. The highest BCUT2D eigenvalue weighted by Crippen LogP contribution is 2.29. The molecule has 0 bridgehead atoms. The molecule has 17 heavy (non-hydrogen) atoms. The number of rotatable bonds is 3. The molecule has 0 amide bonds. The van der Waals surface area contributed by atoms with E-state index in [0.29, 0.717) is 0 Å². The van der Waals surface area contributed by atoms with Crippen LogP contribution in [0.15, 0.2) is 24.3 Å². The van der Waals surface area contributed by atoms with E-state index < -0.39 is 24.6 Å². The molecule has 0 heterocycles. The van der Waals surface area contributed by atoms with Crippen molar-refractivity contribution in [2.45, 2.75) is 18.6 Å². The number of methoxy groups -OCH3 is 1. The van der Waals surface area contributed by atoms with E-state index in [0.717, 1.165) is 7.11 Å². The van der Waals surface area contributed by atoms with Gasteiger partial charge in [-0.1, -0.05) is 18.2 Å². The van der Waals surface area contributed by atoms with Crippen molar-refractivity contribution < 1.29 is 22.7 Å². The summed E-state index contributed by atoms with van der Waals surface area (Å²) >= 11 is 0. The molecule has 0 saturated carbocycles. The van der Waals surface area contributed by atoms with Gasteiger partial charge in [0.2, 0.25) is 0 Å².